The molecule has 13 rings (SSSR count). The molecule has 0 aromatic heterocycles. The number of hydrogen-bond acceptors (Lipinski definition) is 11. The molecule has 0 radical (unpaired) electrons. The molecule has 0 saturated heterocycles. The number of aliphatic hydroxyl groups is 1. The topological polar surface area (TPSA) is 164 Å². The van der Waals surface area contributed by atoms with E-state index in [2.05, 4.69) is 77.1 Å². The number of methoxy groups -OCH3 is 2. The van der Waals surface area contributed by atoms with Crippen LogP contribution in [-0.4, -0.2) is 86.2 Å². The van der Waals surface area contributed by atoms with Crippen LogP contribution in [0.2, 0.25) is 0 Å². The maximum Gasteiger partial charge on any atom is 0.311 e. The van der Waals surface area contributed by atoms with Gasteiger partial charge < -0.3 is 34.1 Å². The van der Waals surface area contributed by atoms with Crippen molar-refractivity contribution in [3.05, 3.63) is 0 Å². The Hall–Kier alpha value is -2.73. The fourth-order valence-corrected chi connectivity index (χ4v) is 18.3. The first-order valence-corrected chi connectivity index (χ1v) is 38.3. The molecule has 13 aliphatic rings. The Morgan fingerprint density at radius 1 is 0.559 bits per heavy atom. The number of amides is 1. The van der Waals surface area contributed by atoms with Crippen LogP contribution in [0.25, 0.3) is 0 Å². The molecule has 17 atom stereocenters. The van der Waals surface area contributed by atoms with Crippen molar-refractivity contribution >= 4 is 29.8 Å². The van der Waals surface area contributed by atoms with Crippen LogP contribution >= 0.6 is 0 Å². The average Bonchev–Trinajstić information content (AvgIpc) is 1.70. The number of rotatable bonds is 17. The Labute approximate surface area is 570 Å². The molecule has 12 heteroatoms. The lowest BCUT2D eigenvalue weighted by Gasteiger charge is -2.64. The zero-order valence-electron chi connectivity index (χ0n) is 64.7. The first-order valence-electron chi connectivity index (χ1n) is 38.3. The molecule has 13 aliphatic carbocycles. The van der Waals surface area contributed by atoms with Crippen LogP contribution in [0.5, 0.6) is 0 Å². The van der Waals surface area contributed by atoms with Gasteiger partial charge in [-0.2, -0.15) is 0 Å². The Kier molecular flexibility index (Phi) is 28.3. The van der Waals surface area contributed by atoms with Gasteiger partial charge in [0.05, 0.1) is 54.7 Å². The average molecular weight is 1310 g/mol. The number of ether oxygens (including phenoxy) is 5. The summed E-state index contributed by atoms with van der Waals surface area (Å²) in [6.07, 6.45) is 31.5. The molecule has 0 aromatic carbocycles. The van der Waals surface area contributed by atoms with Crippen molar-refractivity contribution < 1.29 is 52.8 Å². The van der Waals surface area contributed by atoms with Crippen LogP contribution < -0.4 is 5.32 Å². The van der Waals surface area contributed by atoms with Crippen LogP contribution in [0.15, 0.2) is 0 Å². The SMILES string of the molecule is C1CC2C3CCC(C3)C2C1.C1CCC2(CC1)CC2.CCC(C)(C)C(=O)N[C@@H]1CC2C[C@H](C1C)C2(C)C.CCC(C)(C)C(=O)OC.CCC(C)(C)C(=O)OC1C[C@]2(C(C)C)CC2C1C.CCC(C)(C)C(=O)OCCOC1CC2C[C@@H](C2(C)C)[C@]1(C)O.CCC(C)C(=O)OC. The second kappa shape index (κ2) is 32.5. The molecule has 6 bridgehead atoms. The summed E-state index contributed by atoms with van der Waals surface area (Å²) >= 11 is 0. The Bertz CT molecular complexity index is 2360. The molecule has 13 fully saturated rings. The molecule has 1 spiro atoms. The van der Waals surface area contributed by atoms with E-state index in [0.29, 0.717) is 53.1 Å². The van der Waals surface area contributed by atoms with Crippen molar-refractivity contribution in [3.63, 3.8) is 0 Å². The van der Waals surface area contributed by atoms with E-state index in [1.807, 2.05) is 96.9 Å². The van der Waals surface area contributed by atoms with Gasteiger partial charge >= 0.3 is 23.9 Å². The largest absolute Gasteiger partial charge is 0.469 e. The molecule has 2 N–H and O–H groups in total. The first kappa shape index (κ1) is 80.9. The van der Waals surface area contributed by atoms with Gasteiger partial charge in [-0.25, -0.2) is 0 Å². The molecule has 93 heavy (non-hydrogen) atoms. The summed E-state index contributed by atoms with van der Waals surface area (Å²) in [4.78, 5) is 57.7. The molecular formula is C81H145NO11. The van der Waals surface area contributed by atoms with Gasteiger partial charge in [-0.1, -0.05) is 136 Å². The van der Waals surface area contributed by atoms with Crippen molar-refractivity contribution in [2.45, 2.75) is 337 Å². The van der Waals surface area contributed by atoms with Gasteiger partial charge in [0.25, 0.3) is 0 Å². The molecular weight excluding hydrogens is 1160 g/mol. The van der Waals surface area contributed by atoms with Crippen molar-refractivity contribution in [3.8, 4) is 0 Å². The highest BCUT2D eigenvalue weighted by Crippen LogP contribution is 2.70. The second-order valence-corrected chi connectivity index (χ2v) is 36.4. The summed E-state index contributed by atoms with van der Waals surface area (Å²) in [7, 11) is 2.83. The number of hydrogen-bond donors (Lipinski definition) is 2. The third-order valence-electron chi connectivity index (χ3n) is 28.5. The van der Waals surface area contributed by atoms with E-state index in [1.165, 1.54) is 76.4 Å². The minimum atomic E-state index is -0.787. The fourth-order valence-electron chi connectivity index (χ4n) is 18.3. The molecule has 0 aromatic rings. The van der Waals surface area contributed by atoms with Crippen LogP contribution in [0, 0.1) is 120 Å². The van der Waals surface area contributed by atoms with E-state index in [1.54, 1.807) is 64.2 Å². The van der Waals surface area contributed by atoms with E-state index in [0.717, 1.165) is 74.5 Å². The predicted molar refractivity (Wildman–Crippen MR) is 378 cm³/mol. The fraction of sp³-hybridized carbons (Fsp3) is 0.938. The van der Waals surface area contributed by atoms with Gasteiger partial charge in [0.2, 0.25) is 5.91 Å². The van der Waals surface area contributed by atoms with E-state index < -0.39 is 11.0 Å². The number of nitrogens with one attached hydrogen (secondary N) is 1. The van der Waals surface area contributed by atoms with E-state index in [-0.39, 0.29) is 76.2 Å². The highest BCUT2D eigenvalue weighted by molar-refractivity contribution is 5.82. The highest BCUT2D eigenvalue weighted by Gasteiger charge is 2.66. The quantitative estimate of drug-likeness (QED) is 0.0809. The lowest BCUT2D eigenvalue weighted by atomic mass is 9.43. The number of esters is 4. The minimum Gasteiger partial charge on any atom is -0.469 e. The van der Waals surface area contributed by atoms with Crippen LogP contribution in [-0.2, 0) is 47.7 Å². The number of carbonyl (C=O) groups excluding carboxylic acids is 5. The van der Waals surface area contributed by atoms with Crippen LogP contribution in [0.1, 0.15) is 313 Å². The maximum atomic E-state index is 12.3. The predicted octanol–water partition coefficient (Wildman–Crippen LogP) is 19.2. The summed E-state index contributed by atoms with van der Waals surface area (Å²) < 4.78 is 26.0. The maximum absolute atomic E-state index is 12.3. The normalized spacial score (nSPS) is 34.7. The minimum absolute atomic E-state index is 0.0120. The molecule has 0 heterocycles. The standard InChI is InChI=1S/C18H32O4.C16H29NO.C16H28O2.C10H16.C8H14.C7H14O2.C6H12O2/c1-7-16(2,3)15(19)22-9-8-21-14-11-12-10-13(17(12,4)5)18(14,6)20;1-7-15(3,4)14(18)17-13-9-11-8-12(10(13)2)16(11,5)6;1-7-15(5,6)14(17)18-13-9-16(10(2)3)8-12(16)11(13)4;1-2-9-7-4-5-8(6-7)10(9)3-1;1-2-4-8(5-3-1)6-7-8;1-5-7(2,3)6(8)9-4;1-4-5(2)6(7)8-3/h12-14,20H,7-11H2,1-6H3;10-13H,7-9H2,1-6H3,(H,17,18);10-13H,7-9H2,1-6H3;7-10H,1-6H2;1-7H2;5H2,1-4H3;5H,4H2,1-3H3/t12?,13-,14?,18-;10?,11?,12-,13-;11?,12?,13?,16-;;;;/m010..../s1. The van der Waals surface area contributed by atoms with Gasteiger partial charge in [0, 0.05) is 11.5 Å². The van der Waals surface area contributed by atoms with E-state index >= 15 is 0 Å². The highest BCUT2D eigenvalue weighted by atomic mass is 16.6. The van der Waals surface area contributed by atoms with Gasteiger partial charge in [-0.15, -0.1) is 0 Å². The molecule has 12 unspecified atom stereocenters. The number of carbonyl (C=O) groups is 5. The molecule has 13 saturated carbocycles. The molecule has 540 valence electrons. The van der Waals surface area contributed by atoms with Crippen molar-refractivity contribution in [1.29, 1.82) is 0 Å². The summed E-state index contributed by atoms with van der Waals surface area (Å²) in [6.45, 7) is 48.5. The molecule has 12 nitrogen and oxygen atoms in total. The Morgan fingerprint density at radius 3 is 1.49 bits per heavy atom. The van der Waals surface area contributed by atoms with Gasteiger partial charge in [0.1, 0.15) is 12.7 Å². The van der Waals surface area contributed by atoms with E-state index in [4.69, 9.17) is 14.2 Å². The first-order chi connectivity index (χ1) is 43.1. The van der Waals surface area contributed by atoms with Crippen LogP contribution in [0.4, 0.5) is 0 Å². The number of fused-ring (bicyclic) bond motifs is 10. The van der Waals surface area contributed by atoms with Crippen molar-refractivity contribution in [2.75, 3.05) is 27.4 Å². The zero-order valence-corrected chi connectivity index (χ0v) is 64.7. The van der Waals surface area contributed by atoms with Gasteiger partial charge in [-0.3, -0.25) is 24.0 Å². The third-order valence-corrected chi connectivity index (χ3v) is 28.5. The van der Waals surface area contributed by atoms with E-state index in [9.17, 15) is 29.1 Å². The van der Waals surface area contributed by atoms with Crippen molar-refractivity contribution in [2.24, 2.45) is 120 Å². The molecule has 1 amide bonds. The summed E-state index contributed by atoms with van der Waals surface area (Å²) in [5, 5.41) is 14.1. The summed E-state index contributed by atoms with van der Waals surface area (Å²) in [6, 6.07) is 0.403. The Balaban J connectivity index is 0.000000203. The Morgan fingerprint density at radius 2 is 1.09 bits per heavy atom. The smallest absolute Gasteiger partial charge is 0.311 e. The second-order valence-electron chi connectivity index (χ2n) is 36.4. The van der Waals surface area contributed by atoms with Crippen LogP contribution in [0.3, 0.4) is 0 Å². The van der Waals surface area contributed by atoms with Gasteiger partial charge in [0.15, 0.2) is 0 Å². The van der Waals surface area contributed by atoms with Crippen molar-refractivity contribution in [1.82, 2.24) is 5.32 Å². The lowest BCUT2D eigenvalue weighted by Crippen LogP contribution is -2.67. The zero-order chi connectivity index (χ0) is 70.3. The van der Waals surface area contributed by atoms with Gasteiger partial charge in [-0.05, 0) is 270 Å². The summed E-state index contributed by atoms with van der Waals surface area (Å²) in [5.74, 6) is 9.86. The molecule has 0 aliphatic heterocycles. The lowest BCUT2D eigenvalue weighted by molar-refractivity contribution is -0.258. The third kappa shape index (κ3) is 19.2. The monoisotopic (exact) mass is 1310 g/mol. The summed E-state index contributed by atoms with van der Waals surface area (Å²) in [5.41, 5.74) is 0.0247.